The molecule has 1 saturated heterocycles. The van der Waals surface area contributed by atoms with Crippen LogP contribution < -0.4 is 10.6 Å². The highest BCUT2D eigenvalue weighted by atomic mass is 16.2. The molecule has 2 aromatic rings. The Kier molecular flexibility index (Phi) is 4.61. The molecule has 4 rings (SSSR count). The lowest BCUT2D eigenvalue weighted by molar-refractivity contribution is -0.137. The van der Waals surface area contributed by atoms with E-state index >= 15 is 0 Å². The number of fused-ring (bicyclic) bond motifs is 1. The minimum absolute atomic E-state index is 0.169. The molecule has 1 unspecified atom stereocenters. The third kappa shape index (κ3) is 3.06. The molecule has 1 fully saturated rings. The highest BCUT2D eigenvalue weighted by Gasteiger charge is 2.43. The second-order valence-electron chi connectivity index (χ2n) is 7.71. The van der Waals surface area contributed by atoms with Crippen LogP contribution in [0.3, 0.4) is 0 Å². The zero-order valence-corrected chi connectivity index (χ0v) is 17.0. The molecule has 2 N–H and O–H groups in total. The summed E-state index contributed by atoms with van der Waals surface area (Å²) in [5, 5.41) is 5.47. The van der Waals surface area contributed by atoms with Gasteiger partial charge in [-0.05, 0) is 62.1 Å². The third-order valence-corrected chi connectivity index (χ3v) is 5.99. The smallest absolute Gasteiger partial charge is 0.255 e. The molecule has 0 aliphatic carbocycles. The van der Waals surface area contributed by atoms with Crippen molar-refractivity contribution in [3.05, 3.63) is 46.5 Å². The maximum Gasteiger partial charge on any atom is 0.255 e. The third-order valence-electron chi connectivity index (χ3n) is 5.99. The lowest BCUT2D eigenvalue weighted by atomic mass is 9.98. The Morgan fingerprint density at radius 3 is 2.62 bits per heavy atom. The van der Waals surface area contributed by atoms with E-state index in [1.165, 1.54) is 0 Å². The van der Waals surface area contributed by atoms with Gasteiger partial charge < -0.3 is 10.2 Å². The lowest BCUT2D eigenvalue weighted by Gasteiger charge is -2.32. The number of imide groups is 1. The standard InChI is InChI=1S/C22H24N4O3/c1-11-9-17(24-20(23-4)12(11)2)14-5-6-15-16(10-14)13(3)26(22(15)29)18-7-8-19(27)25-21(18)28/h5-6,9-10,13,18H,7-8H2,1-4H3,(H,23,24)(H,25,27,28)/t13-,18?/m1/s1. The summed E-state index contributed by atoms with van der Waals surface area (Å²) >= 11 is 0. The van der Waals surface area contributed by atoms with Gasteiger partial charge in [-0.1, -0.05) is 6.07 Å². The fourth-order valence-electron chi connectivity index (χ4n) is 4.21. The number of piperidine rings is 1. The number of hydrogen-bond donors (Lipinski definition) is 2. The van der Waals surface area contributed by atoms with Crippen molar-refractivity contribution in [1.29, 1.82) is 0 Å². The van der Waals surface area contributed by atoms with Crippen LogP contribution in [0.4, 0.5) is 5.82 Å². The molecule has 2 atom stereocenters. The van der Waals surface area contributed by atoms with Crippen molar-refractivity contribution in [2.75, 3.05) is 12.4 Å². The van der Waals surface area contributed by atoms with Gasteiger partial charge >= 0.3 is 0 Å². The largest absolute Gasteiger partial charge is 0.373 e. The summed E-state index contributed by atoms with van der Waals surface area (Å²) in [5.74, 6) is -0.0252. The van der Waals surface area contributed by atoms with Crippen LogP contribution in [-0.4, -0.2) is 40.7 Å². The van der Waals surface area contributed by atoms with Crippen molar-refractivity contribution >= 4 is 23.5 Å². The first-order chi connectivity index (χ1) is 13.8. The summed E-state index contributed by atoms with van der Waals surface area (Å²) in [6, 6.07) is 6.86. The van der Waals surface area contributed by atoms with E-state index in [9.17, 15) is 14.4 Å². The topological polar surface area (TPSA) is 91.4 Å². The Hall–Kier alpha value is -3.22. The van der Waals surface area contributed by atoms with Crippen LogP contribution in [0.1, 0.15) is 52.9 Å². The number of carbonyl (C=O) groups excluding carboxylic acids is 3. The van der Waals surface area contributed by atoms with E-state index in [0.717, 1.165) is 33.8 Å². The summed E-state index contributed by atoms with van der Waals surface area (Å²) in [5.41, 5.74) is 5.47. The van der Waals surface area contributed by atoms with Crippen molar-refractivity contribution in [1.82, 2.24) is 15.2 Å². The van der Waals surface area contributed by atoms with Gasteiger partial charge in [-0.3, -0.25) is 19.7 Å². The zero-order valence-electron chi connectivity index (χ0n) is 17.0. The van der Waals surface area contributed by atoms with Crippen LogP contribution >= 0.6 is 0 Å². The van der Waals surface area contributed by atoms with Crippen LogP contribution in [-0.2, 0) is 9.59 Å². The number of aromatic nitrogens is 1. The van der Waals surface area contributed by atoms with Crippen molar-refractivity contribution in [3.63, 3.8) is 0 Å². The fraction of sp³-hybridized carbons (Fsp3) is 0.364. The van der Waals surface area contributed by atoms with Crippen molar-refractivity contribution in [3.8, 4) is 11.3 Å². The molecular formula is C22H24N4O3. The molecule has 7 nitrogen and oxygen atoms in total. The Labute approximate surface area is 169 Å². The van der Waals surface area contributed by atoms with Crippen LogP contribution in [0.2, 0.25) is 0 Å². The quantitative estimate of drug-likeness (QED) is 0.784. The van der Waals surface area contributed by atoms with Gasteiger partial charge in [0, 0.05) is 24.6 Å². The zero-order chi connectivity index (χ0) is 20.9. The molecule has 2 aliphatic rings. The summed E-state index contributed by atoms with van der Waals surface area (Å²) in [4.78, 5) is 43.1. The number of amides is 3. The monoisotopic (exact) mass is 392 g/mol. The van der Waals surface area contributed by atoms with Gasteiger partial charge in [0.25, 0.3) is 5.91 Å². The Balaban J connectivity index is 1.71. The summed E-state index contributed by atoms with van der Waals surface area (Å²) in [6.07, 6.45) is 0.597. The molecule has 2 aliphatic heterocycles. The summed E-state index contributed by atoms with van der Waals surface area (Å²) < 4.78 is 0. The van der Waals surface area contributed by atoms with E-state index in [1.807, 2.05) is 52.1 Å². The first-order valence-electron chi connectivity index (χ1n) is 9.78. The van der Waals surface area contributed by atoms with Gasteiger partial charge in [0.05, 0.1) is 11.7 Å². The molecule has 3 amide bonds. The maximum atomic E-state index is 13.0. The summed E-state index contributed by atoms with van der Waals surface area (Å²) in [7, 11) is 1.85. The average molecular weight is 392 g/mol. The van der Waals surface area contributed by atoms with Gasteiger partial charge in [-0.25, -0.2) is 4.98 Å². The maximum absolute atomic E-state index is 13.0. The van der Waals surface area contributed by atoms with Gasteiger partial charge in [-0.15, -0.1) is 0 Å². The van der Waals surface area contributed by atoms with Crippen LogP contribution in [0.15, 0.2) is 24.3 Å². The number of nitrogens with zero attached hydrogens (tertiary/aromatic N) is 2. The number of benzene rings is 1. The predicted octanol–water partition coefficient (Wildman–Crippen LogP) is 2.73. The molecule has 0 bridgehead atoms. The number of pyridine rings is 1. The Morgan fingerprint density at radius 2 is 1.93 bits per heavy atom. The number of hydrogen-bond acceptors (Lipinski definition) is 5. The normalized spacial score (nSPS) is 21.2. The number of rotatable bonds is 3. The molecule has 0 radical (unpaired) electrons. The van der Waals surface area contributed by atoms with Gasteiger partial charge in [0.1, 0.15) is 11.9 Å². The van der Waals surface area contributed by atoms with Gasteiger partial charge in [0.15, 0.2) is 0 Å². The van der Waals surface area contributed by atoms with Gasteiger partial charge in [0.2, 0.25) is 11.8 Å². The van der Waals surface area contributed by atoms with Crippen molar-refractivity contribution < 1.29 is 14.4 Å². The molecule has 1 aromatic carbocycles. The van der Waals surface area contributed by atoms with E-state index in [2.05, 4.69) is 10.6 Å². The Morgan fingerprint density at radius 1 is 1.17 bits per heavy atom. The van der Waals surface area contributed by atoms with Crippen LogP contribution in [0.5, 0.6) is 0 Å². The molecule has 3 heterocycles. The van der Waals surface area contributed by atoms with E-state index in [1.54, 1.807) is 4.90 Å². The van der Waals surface area contributed by atoms with E-state index in [4.69, 9.17) is 4.98 Å². The van der Waals surface area contributed by atoms with Crippen LogP contribution in [0, 0.1) is 13.8 Å². The van der Waals surface area contributed by atoms with Crippen LogP contribution in [0.25, 0.3) is 11.3 Å². The molecule has 29 heavy (non-hydrogen) atoms. The minimum Gasteiger partial charge on any atom is -0.373 e. The summed E-state index contributed by atoms with van der Waals surface area (Å²) in [6.45, 7) is 5.99. The lowest BCUT2D eigenvalue weighted by Crippen LogP contribution is -2.53. The molecule has 7 heteroatoms. The number of anilines is 1. The molecular weight excluding hydrogens is 368 g/mol. The highest BCUT2D eigenvalue weighted by molar-refractivity contribution is 6.06. The fourth-order valence-corrected chi connectivity index (χ4v) is 4.21. The molecule has 150 valence electrons. The van der Waals surface area contributed by atoms with Crippen molar-refractivity contribution in [2.24, 2.45) is 0 Å². The molecule has 0 saturated carbocycles. The second kappa shape index (κ2) is 6.99. The predicted molar refractivity (Wildman–Crippen MR) is 109 cm³/mol. The van der Waals surface area contributed by atoms with E-state index in [0.29, 0.717) is 12.0 Å². The average Bonchev–Trinajstić information content (AvgIpc) is 2.94. The minimum atomic E-state index is -0.623. The second-order valence-corrected chi connectivity index (χ2v) is 7.71. The highest BCUT2D eigenvalue weighted by Crippen LogP contribution is 2.38. The van der Waals surface area contributed by atoms with Gasteiger partial charge in [-0.2, -0.15) is 0 Å². The SMILES string of the molecule is CNc1nc(-c2ccc3c(c2)[C@@H](C)N(C2CCC(=O)NC2=O)C3=O)cc(C)c1C. The number of nitrogens with one attached hydrogen (secondary N) is 2. The molecule has 0 spiro atoms. The number of aryl methyl sites for hydroxylation is 1. The first-order valence-corrected chi connectivity index (χ1v) is 9.78. The van der Waals surface area contributed by atoms with E-state index in [-0.39, 0.29) is 24.3 Å². The van der Waals surface area contributed by atoms with E-state index < -0.39 is 11.9 Å². The number of carbonyl (C=O) groups is 3. The Bertz CT molecular complexity index is 1050. The molecule has 1 aromatic heterocycles. The first kappa shape index (κ1) is 19.1. The van der Waals surface area contributed by atoms with Crippen molar-refractivity contribution in [2.45, 2.75) is 45.7 Å².